The second-order valence-corrected chi connectivity index (χ2v) is 4.97. The van der Waals surface area contributed by atoms with E-state index in [1.54, 1.807) is 12.1 Å². The molecule has 20 heavy (non-hydrogen) atoms. The standard InChI is InChI=1S/C17H16O3/c1-12-7-9-13(10-8-12)16-15(20-16)11-19-17(18)14-5-3-2-4-6-14/h2-10,15-16H,11H2,1H3. The molecule has 0 radical (unpaired) electrons. The fourth-order valence-electron chi connectivity index (χ4n) is 2.13. The summed E-state index contributed by atoms with van der Waals surface area (Å²) in [6.07, 6.45) is 0.0320. The van der Waals surface area contributed by atoms with Crippen molar-refractivity contribution in [3.8, 4) is 0 Å². The normalized spacial score (nSPS) is 20.4. The van der Waals surface area contributed by atoms with Crippen LogP contribution in [-0.4, -0.2) is 18.7 Å². The molecule has 0 aliphatic carbocycles. The number of esters is 1. The third-order valence-corrected chi connectivity index (χ3v) is 3.38. The largest absolute Gasteiger partial charge is 0.459 e. The molecule has 2 aromatic rings. The molecular weight excluding hydrogens is 252 g/mol. The van der Waals surface area contributed by atoms with Crippen molar-refractivity contribution < 1.29 is 14.3 Å². The highest BCUT2D eigenvalue weighted by Gasteiger charge is 2.41. The van der Waals surface area contributed by atoms with E-state index >= 15 is 0 Å². The highest BCUT2D eigenvalue weighted by atomic mass is 16.6. The second-order valence-electron chi connectivity index (χ2n) is 4.97. The zero-order valence-corrected chi connectivity index (χ0v) is 11.3. The lowest BCUT2D eigenvalue weighted by Gasteiger charge is -2.02. The van der Waals surface area contributed by atoms with Crippen LogP contribution >= 0.6 is 0 Å². The molecule has 0 saturated carbocycles. The Labute approximate surface area is 118 Å². The van der Waals surface area contributed by atoms with Gasteiger partial charge in [0.25, 0.3) is 0 Å². The number of rotatable bonds is 4. The van der Waals surface area contributed by atoms with Gasteiger partial charge in [-0.05, 0) is 24.6 Å². The van der Waals surface area contributed by atoms with E-state index in [1.807, 2.05) is 18.2 Å². The highest BCUT2D eigenvalue weighted by molar-refractivity contribution is 5.89. The lowest BCUT2D eigenvalue weighted by Crippen LogP contribution is -2.10. The van der Waals surface area contributed by atoms with Crippen LogP contribution in [0.3, 0.4) is 0 Å². The molecule has 102 valence electrons. The summed E-state index contributed by atoms with van der Waals surface area (Å²) in [6, 6.07) is 17.2. The van der Waals surface area contributed by atoms with Gasteiger partial charge in [-0.3, -0.25) is 0 Å². The van der Waals surface area contributed by atoms with E-state index < -0.39 is 0 Å². The van der Waals surface area contributed by atoms with Crippen LogP contribution in [-0.2, 0) is 9.47 Å². The molecule has 2 atom stereocenters. The van der Waals surface area contributed by atoms with E-state index in [1.165, 1.54) is 5.56 Å². The fourth-order valence-corrected chi connectivity index (χ4v) is 2.13. The molecule has 1 aliphatic heterocycles. The van der Waals surface area contributed by atoms with Gasteiger partial charge in [-0.25, -0.2) is 4.79 Å². The number of carbonyl (C=O) groups excluding carboxylic acids is 1. The zero-order chi connectivity index (χ0) is 13.9. The van der Waals surface area contributed by atoms with Crippen LogP contribution in [0.5, 0.6) is 0 Å². The first-order valence-electron chi connectivity index (χ1n) is 6.68. The third-order valence-electron chi connectivity index (χ3n) is 3.38. The van der Waals surface area contributed by atoms with Gasteiger partial charge in [0.05, 0.1) is 5.56 Å². The lowest BCUT2D eigenvalue weighted by atomic mass is 10.1. The van der Waals surface area contributed by atoms with E-state index in [-0.39, 0.29) is 18.2 Å². The van der Waals surface area contributed by atoms with Crippen molar-refractivity contribution >= 4 is 5.97 Å². The lowest BCUT2D eigenvalue weighted by molar-refractivity contribution is 0.0476. The maximum atomic E-state index is 11.8. The molecule has 1 fully saturated rings. The Balaban J connectivity index is 1.52. The summed E-state index contributed by atoms with van der Waals surface area (Å²) in [6.45, 7) is 2.35. The summed E-state index contributed by atoms with van der Waals surface area (Å²) in [5.74, 6) is -0.302. The fraction of sp³-hybridized carbons (Fsp3) is 0.235. The molecule has 3 nitrogen and oxygen atoms in total. The molecule has 2 aromatic carbocycles. The summed E-state index contributed by atoms with van der Waals surface area (Å²) in [5, 5.41) is 0. The quantitative estimate of drug-likeness (QED) is 0.631. The first-order chi connectivity index (χ1) is 9.74. The maximum absolute atomic E-state index is 11.8. The number of epoxide rings is 1. The van der Waals surface area contributed by atoms with Gasteiger partial charge in [0, 0.05) is 0 Å². The molecule has 3 rings (SSSR count). The predicted molar refractivity (Wildman–Crippen MR) is 75.5 cm³/mol. The van der Waals surface area contributed by atoms with E-state index in [2.05, 4.69) is 31.2 Å². The van der Waals surface area contributed by atoms with Gasteiger partial charge in [0.1, 0.15) is 18.8 Å². The van der Waals surface area contributed by atoms with Crippen LogP contribution in [0.4, 0.5) is 0 Å². The molecule has 1 aliphatic rings. The number of carbonyl (C=O) groups is 1. The van der Waals surface area contributed by atoms with Crippen LogP contribution in [0.25, 0.3) is 0 Å². The second kappa shape index (κ2) is 5.47. The van der Waals surface area contributed by atoms with Crippen LogP contribution < -0.4 is 0 Å². The minimum absolute atomic E-state index is 0.0228. The predicted octanol–water partition coefficient (Wildman–Crippen LogP) is 3.29. The van der Waals surface area contributed by atoms with Gasteiger partial charge in [-0.1, -0.05) is 48.0 Å². The van der Waals surface area contributed by atoms with Crippen LogP contribution in [0.15, 0.2) is 54.6 Å². The SMILES string of the molecule is Cc1ccc(C2OC2COC(=O)c2ccccc2)cc1. The Morgan fingerprint density at radius 2 is 1.80 bits per heavy atom. The van der Waals surface area contributed by atoms with Crippen LogP contribution in [0, 0.1) is 6.92 Å². The molecule has 0 aromatic heterocycles. The minimum Gasteiger partial charge on any atom is -0.459 e. The molecule has 1 heterocycles. The molecular formula is C17H16O3. The van der Waals surface area contributed by atoms with Crippen LogP contribution in [0.1, 0.15) is 27.6 Å². The van der Waals surface area contributed by atoms with Gasteiger partial charge in [0.2, 0.25) is 0 Å². The Morgan fingerprint density at radius 1 is 1.10 bits per heavy atom. The number of hydrogen-bond acceptors (Lipinski definition) is 3. The van der Waals surface area contributed by atoms with Crippen molar-refractivity contribution in [2.45, 2.75) is 19.1 Å². The van der Waals surface area contributed by atoms with Crippen molar-refractivity contribution in [1.82, 2.24) is 0 Å². The van der Waals surface area contributed by atoms with Gasteiger partial charge >= 0.3 is 5.97 Å². The van der Waals surface area contributed by atoms with Crippen molar-refractivity contribution in [2.24, 2.45) is 0 Å². The third kappa shape index (κ3) is 2.89. The molecule has 1 saturated heterocycles. The van der Waals surface area contributed by atoms with Crippen molar-refractivity contribution in [2.75, 3.05) is 6.61 Å². The van der Waals surface area contributed by atoms with Gasteiger partial charge in [-0.2, -0.15) is 0 Å². The summed E-state index contributed by atoms with van der Waals surface area (Å²) in [5.41, 5.74) is 2.93. The molecule has 0 bridgehead atoms. The van der Waals surface area contributed by atoms with Crippen molar-refractivity contribution in [3.05, 3.63) is 71.3 Å². The highest BCUT2D eigenvalue weighted by Crippen LogP contribution is 2.38. The first-order valence-corrected chi connectivity index (χ1v) is 6.68. The number of benzene rings is 2. The van der Waals surface area contributed by atoms with Crippen molar-refractivity contribution in [1.29, 1.82) is 0 Å². The molecule has 0 amide bonds. The first kappa shape index (κ1) is 12.9. The van der Waals surface area contributed by atoms with E-state index in [0.717, 1.165) is 5.56 Å². The summed E-state index contributed by atoms with van der Waals surface area (Å²) in [4.78, 5) is 11.8. The summed E-state index contributed by atoms with van der Waals surface area (Å²) < 4.78 is 10.8. The van der Waals surface area contributed by atoms with E-state index in [4.69, 9.17) is 9.47 Å². The zero-order valence-electron chi connectivity index (χ0n) is 11.3. The molecule has 0 spiro atoms. The molecule has 3 heteroatoms. The Kier molecular flexibility index (Phi) is 3.52. The average molecular weight is 268 g/mol. The van der Waals surface area contributed by atoms with E-state index in [9.17, 15) is 4.79 Å². The number of ether oxygens (including phenoxy) is 2. The minimum atomic E-state index is -0.302. The van der Waals surface area contributed by atoms with E-state index in [0.29, 0.717) is 12.2 Å². The molecule has 0 N–H and O–H groups in total. The Morgan fingerprint density at radius 3 is 2.50 bits per heavy atom. The van der Waals surface area contributed by atoms with Crippen molar-refractivity contribution in [3.63, 3.8) is 0 Å². The van der Waals surface area contributed by atoms with Gasteiger partial charge in [0.15, 0.2) is 0 Å². The summed E-state index contributed by atoms with van der Waals surface area (Å²) in [7, 11) is 0. The Bertz CT molecular complexity index is 589. The average Bonchev–Trinajstić information content (AvgIpc) is 3.26. The maximum Gasteiger partial charge on any atom is 0.338 e. The molecule has 2 unspecified atom stereocenters. The van der Waals surface area contributed by atoms with Gasteiger partial charge < -0.3 is 9.47 Å². The smallest absolute Gasteiger partial charge is 0.338 e. The van der Waals surface area contributed by atoms with Crippen LogP contribution in [0.2, 0.25) is 0 Å². The van der Waals surface area contributed by atoms with Gasteiger partial charge in [-0.15, -0.1) is 0 Å². The number of aryl methyl sites for hydroxylation is 1. The monoisotopic (exact) mass is 268 g/mol. The number of hydrogen-bond donors (Lipinski definition) is 0. The Hall–Kier alpha value is -2.13. The topological polar surface area (TPSA) is 38.8 Å². The summed E-state index contributed by atoms with van der Waals surface area (Å²) >= 11 is 0.